The second-order valence-corrected chi connectivity index (χ2v) is 12.7. The number of carbonyl (C=O) groups is 2. The van der Waals surface area contributed by atoms with E-state index in [4.69, 9.17) is 19.6 Å². The molecule has 2 aliphatic rings. The van der Waals surface area contributed by atoms with Gasteiger partial charge in [0.15, 0.2) is 0 Å². The van der Waals surface area contributed by atoms with Crippen LogP contribution in [-0.4, -0.2) is 45.9 Å². The maximum atomic E-state index is 13.3. The number of nitrogens with one attached hydrogen (secondary N) is 1. The third-order valence-electron chi connectivity index (χ3n) is 7.65. The quantitative estimate of drug-likeness (QED) is 0.193. The number of hydrogen-bond acceptors (Lipinski definition) is 8. The van der Waals surface area contributed by atoms with E-state index < -0.39 is 22.1 Å². The number of amides is 1. The Hall–Kier alpha value is -4.42. The van der Waals surface area contributed by atoms with Gasteiger partial charge in [-0.2, -0.15) is 0 Å². The Balaban J connectivity index is 1.47. The highest BCUT2D eigenvalue weighted by atomic mass is 32.2. The molecule has 1 saturated carbocycles. The number of nitrogens with zero attached hydrogens (tertiary/aromatic N) is 1. The number of benzene rings is 3. The van der Waals surface area contributed by atoms with Gasteiger partial charge < -0.3 is 24.9 Å². The third-order valence-corrected chi connectivity index (χ3v) is 8.86. The molecule has 10 nitrogen and oxygen atoms in total. The molecule has 1 aliphatic carbocycles. The molecule has 0 bridgehead atoms. The minimum Gasteiger partial charge on any atom is -0.457 e. The van der Waals surface area contributed by atoms with Crippen LogP contribution in [0.2, 0.25) is 0 Å². The number of carbonyl (C=O) groups excluding carboxylic acids is 2. The molecule has 6 rings (SSSR count). The highest BCUT2D eigenvalue weighted by molar-refractivity contribution is 7.92. The molecule has 2 heterocycles. The van der Waals surface area contributed by atoms with Crippen molar-refractivity contribution in [3.05, 3.63) is 77.6 Å². The Bertz CT molecular complexity index is 1790. The Morgan fingerprint density at radius 3 is 2.19 bits per heavy atom. The minimum absolute atomic E-state index is 0.00206. The second kappa shape index (κ2) is 11.3. The van der Waals surface area contributed by atoms with E-state index >= 15 is 0 Å². The van der Waals surface area contributed by atoms with Gasteiger partial charge in [0.2, 0.25) is 10.0 Å². The standard InChI is InChI=1S/C31H30FN3O7S/c1-43(38,39)35(21-12-14-34-15-13-21)26-17-27-25(16-24(26)18-2-3-18)28(30(36)42-31(33)37)29(41-27)19-4-8-22(9-5-19)40-23-10-6-20(32)7-11-23/h4-11,16-18,21,34H,2-3,12-15H2,1H3,(H2,33,37). The van der Waals surface area contributed by atoms with Crippen molar-refractivity contribution in [2.45, 2.75) is 37.6 Å². The predicted octanol–water partition coefficient (Wildman–Crippen LogP) is 5.66. The molecule has 43 heavy (non-hydrogen) atoms. The van der Waals surface area contributed by atoms with Crippen molar-refractivity contribution in [1.29, 1.82) is 0 Å². The molecule has 1 amide bonds. The SMILES string of the molecule is CS(=O)(=O)N(c1cc2oc(-c3ccc(Oc4ccc(F)cc4)cc3)c(C(=O)OC(N)=O)c2cc1C1CC1)C1CCNCC1. The number of hydrogen-bond donors (Lipinski definition) is 2. The van der Waals surface area contributed by atoms with Crippen molar-refractivity contribution in [3.63, 3.8) is 0 Å². The number of anilines is 1. The van der Waals surface area contributed by atoms with E-state index in [1.807, 2.05) is 0 Å². The average Bonchev–Trinajstić information content (AvgIpc) is 3.74. The number of rotatable bonds is 8. The van der Waals surface area contributed by atoms with E-state index in [2.05, 4.69) is 5.32 Å². The molecular weight excluding hydrogens is 577 g/mol. The van der Waals surface area contributed by atoms with Crippen LogP contribution >= 0.6 is 0 Å². The molecule has 12 heteroatoms. The van der Waals surface area contributed by atoms with Crippen LogP contribution in [0.5, 0.6) is 11.5 Å². The Morgan fingerprint density at radius 1 is 0.977 bits per heavy atom. The van der Waals surface area contributed by atoms with Gasteiger partial charge >= 0.3 is 12.1 Å². The van der Waals surface area contributed by atoms with Crippen LogP contribution in [0.15, 0.2) is 65.1 Å². The lowest BCUT2D eigenvalue weighted by atomic mass is 9.99. The largest absolute Gasteiger partial charge is 0.457 e. The lowest BCUT2D eigenvalue weighted by Crippen LogP contribution is -2.46. The van der Waals surface area contributed by atoms with E-state index in [0.717, 1.165) is 18.4 Å². The van der Waals surface area contributed by atoms with Crippen molar-refractivity contribution in [2.75, 3.05) is 23.7 Å². The number of piperidine rings is 1. The van der Waals surface area contributed by atoms with Crippen LogP contribution in [0, 0.1) is 5.82 Å². The van der Waals surface area contributed by atoms with Crippen LogP contribution < -0.4 is 20.1 Å². The summed E-state index contributed by atoms with van der Waals surface area (Å²) >= 11 is 0. The lowest BCUT2D eigenvalue weighted by Gasteiger charge is -2.35. The monoisotopic (exact) mass is 607 g/mol. The summed E-state index contributed by atoms with van der Waals surface area (Å²) in [4.78, 5) is 24.8. The zero-order valence-corrected chi connectivity index (χ0v) is 24.2. The maximum Gasteiger partial charge on any atom is 0.412 e. The van der Waals surface area contributed by atoms with Crippen LogP contribution in [-0.2, 0) is 14.8 Å². The molecule has 0 unspecified atom stereocenters. The van der Waals surface area contributed by atoms with Gasteiger partial charge in [0.1, 0.15) is 34.2 Å². The molecule has 1 aromatic heterocycles. The maximum absolute atomic E-state index is 13.3. The van der Waals surface area contributed by atoms with E-state index in [-0.39, 0.29) is 34.7 Å². The van der Waals surface area contributed by atoms with Crippen LogP contribution in [0.1, 0.15) is 47.5 Å². The third kappa shape index (κ3) is 6.06. The zero-order chi connectivity index (χ0) is 30.3. The Kier molecular flexibility index (Phi) is 7.57. The fraction of sp³-hybridized carbons (Fsp3) is 0.290. The van der Waals surface area contributed by atoms with Crippen LogP contribution in [0.3, 0.4) is 0 Å². The van der Waals surface area contributed by atoms with Crippen LogP contribution in [0.4, 0.5) is 14.9 Å². The van der Waals surface area contributed by atoms with Crippen molar-refractivity contribution >= 4 is 38.7 Å². The minimum atomic E-state index is -3.66. The number of sulfonamides is 1. The molecule has 224 valence electrons. The molecule has 0 atom stereocenters. The van der Waals surface area contributed by atoms with E-state index in [9.17, 15) is 22.4 Å². The molecular formula is C31H30FN3O7S. The molecule has 0 spiro atoms. The molecule has 3 N–H and O–H groups in total. The first kappa shape index (κ1) is 28.7. The zero-order valence-electron chi connectivity index (χ0n) is 23.3. The van der Waals surface area contributed by atoms with Crippen molar-refractivity contribution in [1.82, 2.24) is 5.32 Å². The summed E-state index contributed by atoms with van der Waals surface area (Å²) in [5, 5.41) is 3.66. The highest BCUT2D eigenvalue weighted by Crippen LogP contribution is 2.49. The molecule has 1 saturated heterocycles. The van der Waals surface area contributed by atoms with Gasteiger partial charge in [-0.15, -0.1) is 0 Å². The topological polar surface area (TPSA) is 141 Å². The van der Waals surface area contributed by atoms with Gasteiger partial charge in [-0.25, -0.2) is 22.4 Å². The fourth-order valence-corrected chi connectivity index (χ4v) is 6.88. The summed E-state index contributed by atoms with van der Waals surface area (Å²) in [7, 11) is -3.66. The molecule has 2 fully saturated rings. The number of nitrogens with two attached hydrogens (primary N) is 1. The van der Waals surface area contributed by atoms with Gasteiger partial charge in [0.25, 0.3) is 0 Å². The highest BCUT2D eigenvalue weighted by Gasteiger charge is 2.36. The second-order valence-electron chi connectivity index (χ2n) is 10.8. The van der Waals surface area contributed by atoms with E-state index in [1.165, 1.54) is 34.8 Å². The number of furan rings is 1. The molecule has 0 radical (unpaired) electrons. The Labute approximate surface area is 247 Å². The predicted molar refractivity (Wildman–Crippen MR) is 158 cm³/mol. The van der Waals surface area contributed by atoms with Gasteiger partial charge in [-0.3, -0.25) is 4.31 Å². The van der Waals surface area contributed by atoms with Crippen molar-refractivity contribution in [3.8, 4) is 22.8 Å². The number of primary amides is 1. The normalized spacial score (nSPS) is 15.8. The molecule has 1 aliphatic heterocycles. The van der Waals surface area contributed by atoms with Gasteiger partial charge in [-0.1, -0.05) is 0 Å². The summed E-state index contributed by atoms with van der Waals surface area (Å²) < 4.78 is 57.9. The lowest BCUT2D eigenvalue weighted by molar-refractivity contribution is 0.0640. The summed E-state index contributed by atoms with van der Waals surface area (Å²) in [5.74, 6) is -0.232. The van der Waals surface area contributed by atoms with E-state index in [1.54, 1.807) is 36.4 Å². The number of esters is 1. The first-order valence-corrected chi connectivity index (χ1v) is 15.8. The Morgan fingerprint density at radius 2 is 1.60 bits per heavy atom. The molecule has 4 aromatic rings. The molecule has 3 aromatic carbocycles. The number of fused-ring (bicyclic) bond motifs is 1. The van der Waals surface area contributed by atoms with E-state index in [0.29, 0.717) is 54.1 Å². The van der Waals surface area contributed by atoms with Crippen LogP contribution in [0.25, 0.3) is 22.3 Å². The van der Waals surface area contributed by atoms with Gasteiger partial charge in [0, 0.05) is 23.1 Å². The summed E-state index contributed by atoms with van der Waals surface area (Å²) in [5.41, 5.74) is 7.25. The summed E-state index contributed by atoms with van der Waals surface area (Å²) in [6.45, 7) is 1.40. The smallest absolute Gasteiger partial charge is 0.412 e. The van der Waals surface area contributed by atoms with Crippen molar-refractivity contribution in [2.24, 2.45) is 5.73 Å². The number of halogens is 1. The first-order valence-electron chi connectivity index (χ1n) is 13.9. The summed E-state index contributed by atoms with van der Waals surface area (Å²) in [6.07, 6.45) is 3.01. The number of ether oxygens (including phenoxy) is 2. The fourth-order valence-electron chi connectivity index (χ4n) is 5.61. The van der Waals surface area contributed by atoms with Crippen molar-refractivity contribution < 1.29 is 36.3 Å². The van der Waals surface area contributed by atoms with Gasteiger partial charge in [0.05, 0.1) is 11.9 Å². The average molecular weight is 608 g/mol. The van der Waals surface area contributed by atoms with Gasteiger partial charge in [-0.05, 0) is 105 Å². The first-order chi connectivity index (χ1) is 20.6. The summed E-state index contributed by atoms with van der Waals surface area (Å²) in [6, 6.07) is 15.4.